The third-order valence-electron chi connectivity index (χ3n) is 4.33. The maximum absolute atomic E-state index is 13.4. The number of aryl methyl sites for hydroxylation is 1. The highest BCUT2D eigenvalue weighted by molar-refractivity contribution is 5.35. The Bertz CT molecular complexity index is 796. The van der Waals surface area contributed by atoms with E-state index in [9.17, 15) is 4.39 Å². The van der Waals surface area contributed by atoms with Gasteiger partial charge in [-0.15, -0.1) is 0 Å². The molecular formula is C18H17FN4. The summed E-state index contributed by atoms with van der Waals surface area (Å²) in [5.41, 5.74) is 4.28. The highest BCUT2D eigenvalue weighted by Crippen LogP contribution is 2.31. The molecule has 4 rings (SSSR count). The number of nitrogens with zero attached hydrogens (tertiary/aromatic N) is 3. The normalized spacial score (nSPS) is 16.5. The fourth-order valence-electron chi connectivity index (χ4n) is 3.10. The maximum Gasteiger partial charge on any atom is 0.123 e. The van der Waals surface area contributed by atoms with Crippen LogP contribution in [0.1, 0.15) is 29.3 Å². The third-order valence-corrected chi connectivity index (χ3v) is 4.33. The van der Waals surface area contributed by atoms with Crippen LogP contribution in [0.4, 0.5) is 4.39 Å². The van der Waals surface area contributed by atoms with E-state index in [4.69, 9.17) is 0 Å². The van der Waals surface area contributed by atoms with Gasteiger partial charge in [-0.2, -0.15) is 0 Å². The van der Waals surface area contributed by atoms with Gasteiger partial charge in [-0.05, 0) is 48.2 Å². The lowest BCUT2D eigenvalue weighted by Crippen LogP contribution is -2.19. The Morgan fingerprint density at radius 2 is 2.22 bits per heavy atom. The van der Waals surface area contributed by atoms with Crippen molar-refractivity contribution in [2.75, 3.05) is 0 Å². The first kappa shape index (κ1) is 14.1. The molecule has 0 amide bonds. The lowest BCUT2D eigenvalue weighted by Gasteiger charge is -2.14. The first-order valence-corrected chi connectivity index (χ1v) is 7.74. The Morgan fingerprint density at radius 3 is 3.00 bits per heavy atom. The number of fused-ring (bicyclic) bond motifs is 1. The monoisotopic (exact) mass is 308 g/mol. The molecule has 1 aliphatic carbocycles. The van der Waals surface area contributed by atoms with Crippen molar-refractivity contribution in [3.8, 4) is 5.69 Å². The molecule has 3 aromatic rings. The summed E-state index contributed by atoms with van der Waals surface area (Å²) in [6, 6.07) is 9.31. The second kappa shape index (κ2) is 5.93. The molecule has 4 nitrogen and oxygen atoms in total. The number of rotatable bonds is 4. The molecule has 0 fully saturated rings. The Balaban J connectivity index is 1.43. The Kier molecular flexibility index (Phi) is 3.63. The number of hydrogen-bond acceptors (Lipinski definition) is 3. The zero-order valence-electron chi connectivity index (χ0n) is 12.6. The predicted molar refractivity (Wildman–Crippen MR) is 85.7 cm³/mol. The van der Waals surface area contributed by atoms with Gasteiger partial charge >= 0.3 is 0 Å². The molecule has 2 aromatic heterocycles. The quantitative estimate of drug-likeness (QED) is 0.805. The van der Waals surface area contributed by atoms with Gasteiger partial charge in [0.25, 0.3) is 0 Å². The average molecular weight is 308 g/mol. The summed E-state index contributed by atoms with van der Waals surface area (Å²) in [5.74, 6) is -0.166. The van der Waals surface area contributed by atoms with Crippen LogP contribution >= 0.6 is 0 Å². The molecule has 116 valence electrons. The number of benzene rings is 1. The van der Waals surface area contributed by atoms with Crippen molar-refractivity contribution in [3.05, 3.63) is 77.9 Å². The summed E-state index contributed by atoms with van der Waals surface area (Å²) in [7, 11) is 0. The SMILES string of the molecule is Fc1ccc2c(c1)C(NCc1ccc(-n3ccnc3)cn1)CC2. The molecule has 0 aliphatic heterocycles. The van der Waals surface area contributed by atoms with E-state index in [-0.39, 0.29) is 11.9 Å². The highest BCUT2D eigenvalue weighted by Gasteiger charge is 2.22. The van der Waals surface area contributed by atoms with Crippen LogP contribution in [0.15, 0.2) is 55.2 Å². The number of nitrogens with one attached hydrogen (secondary N) is 1. The van der Waals surface area contributed by atoms with E-state index in [0.29, 0.717) is 6.54 Å². The maximum atomic E-state index is 13.4. The molecule has 1 unspecified atom stereocenters. The number of imidazole rings is 1. The van der Waals surface area contributed by atoms with E-state index in [0.717, 1.165) is 29.8 Å². The van der Waals surface area contributed by atoms with E-state index in [1.54, 1.807) is 18.6 Å². The van der Waals surface area contributed by atoms with Crippen molar-refractivity contribution >= 4 is 0 Å². The minimum atomic E-state index is -0.166. The zero-order valence-corrected chi connectivity index (χ0v) is 12.6. The summed E-state index contributed by atoms with van der Waals surface area (Å²) in [5, 5.41) is 3.49. The van der Waals surface area contributed by atoms with Crippen molar-refractivity contribution in [1.29, 1.82) is 0 Å². The summed E-state index contributed by atoms with van der Waals surface area (Å²) in [6.45, 7) is 0.671. The molecule has 2 heterocycles. The lowest BCUT2D eigenvalue weighted by molar-refractivity contribution is 0.522. The third kappa shape index (κ3) is 2.87. The number of aromatic nitrogens is 3. The average Bonchev–Trinajstić information content (AvgIpc) is 3.23. The molecule has 0 radical (unpaired) electrons. The van der Waals surface area contributed by atoms with Gasteiger partial charge in [0.05, 0.1) is 23.9 Å². The molecule has 1 aliphatic rings. The van der Waals surface area contributed by atoms with Crippen LogP contribution in [0.2, 0.25) is 0 Å². The highest BCUT2D eigenvalue weighted by atomic mass is 19.1. The molecule has 0 spiro atoms. The lowest BCUT2D eigenvalue weighted by atomic mass is 10.1. The molecule has 0 saturated heterocycles. The van der Waals surface area contributed by atoms with E-state index < -0.39 is 0 Å². The molecule has 0 saturated carbocycles. The van der Waals surface area contributed by atoms with Gasteiger partial charge < -0.3 is 9.88 Å². The topological polar surface area (TPSA) is 42.7 Å². The van der Waals surface area contributed by atoms with Crippen LogP contribution in [-0.4, -0.2) is 14.5 Å². The minimum absolute atomic E-state index is 0.166. The van der Waals surface area contributed by atoms with Crippen LogP contribution in [0.3, 0.4) is 0 Å². The predicted octanol–water partition coefficient (Wildman–Crippen LogP) is 3.18. The van der Waals surface area contributed by atoms with Gasteiger partial charge in [0.2, 0.25) is 0 Å². The van der Waals surface area contributed by atoms with Crippen molar-refractivity contribution in [3.63, 3.8) is 0 Å². The summed E-state index contributed by atoms with van der Waals surface area (Å²) in [4.78, 5) is 8.51. The Labute approximate surface area is 134 Å². The standard InChI is InChI=1S/C18H17FN4/c19-14-3-1-13-2-6-18(17(13)9-14)22-10-15-4-5-16(11-21-15)23-8-7-20-12-23/h1,3-5,7-9,11-12,18,22H,2,6,10H2. The van der Waals surface area contributed by atoms with Crippen molar-refractivity contribution in [2.24, 2.45) is 0 Å². The molecule has 1 atom stereocenters. The summed E-state index contributed by atoms with van der Waals surface area (Å²) < 4.78 is 15.3. The molecule has 1 N–H and O–H groups in total. The Hall–Kier alpha value is -2.53. The summed E-state index contributed by atoms with van der Waals surface area (Å²) >= 11 is 0. The van der Waals surface area contributed by atoms with E-state index in [2.05, 4.69) is 15.3 Å². The van der Waals surface area contributed by atoms with Gasteiger partial charge in [0, 0.05) is 25.0 Å². The molecule has 0 bridgehead atoms. The van der Waals surface area contributed by atoms with E-state index in [1.165, 1.54) is 11.6 Å². The first-order chi connectivity index (χ1) is 11.3. The van der Waals surface area contributed by atoms with Crippen molar-refractivity contribution in [2.45, 2.75) is 25.4 Å². The molecular weight excluding hydrogens is 291 g/mol. The first-order valence-electron chi connectivity index (χ1n) is 7.74. The van der Waals surface area contributed by atoms with Gasteiger partial charge in [-0.25, -0.2) is 9.37 Å². The van der Waals surface area contributed by atoms with Crippen molar-refractivity contribution < 1.29 is 4.39 Å². The van der Waals surface area contributed by atoms with Crippen molar-refractivity contribution in [1.82, 2.24) is 19.9 Å². The van der Waals surface area contributed by atoms with Crippen LogP contribution in [-0.2, 0) is 13.0 Å². The molecule has 1 aromatic carbocycles. The van der Waals surface area contributed by atoms with Crippen LogP contribution < -0.4 is 5.32 Å². The second-order valence-electron chi connectivity index (χ2n) is 5.79. The largest absolute Gasteiger partial charge is 0.305 e. The van der Waals surface area contributed by atoms with Gasteiger partial charge in [0.1, 0.15) is 5.82 Å². The van der Waals surface area contributed by atoms with Gasteiger partial charge in [-0.3, -0.25) is 4.98 Å². The Morgan fingerprint density at radius 1 is 1.26 bits per heavy atom. The number of pyridine rings is 1. The minimum Gasteiger partial charge on any atom is -0.305 e. The summed E-state index contributed by atoms with van der Waals surface area (Å²) in [6.07, 6.45) is 9.22. The fourth-order valence-corrected chi connectivity index (χ4v) is 3.10. The van der Waals surface area contributed by atoms with Gasteiger partial charge in [-0.1, -0.05) is 6.07 Å². The fraction of sp³-hybridized carbons (Fsp3) is 0.222. The van der Waals surface area contributed by atoms with Crippen LogP contribution in [0.5, 0.6) is 0 Å². The molecule has 5 heteroatoms. The van der Waals surface area contributed by atoms with Crippen LogP contribution in [0.25, 0.3) is 5.69 Å². The van der Waals surface area contributed by atoms with E-state index >= 15 is 0 Å². The van der Waals surface area contributed by atoms with Crippen LogP contribution in [0, 0.1) is 5.82 Å². The number of hydrogen-bond donors (Lipinski definition) is 1. The van der Waals surface area contributed by atoms with E-state index in [1.807, 2.05) is 35.2 Å². The van der Waals surface area contributed by atoms with Gasteiger partial charge in [0.15, 0.2) is 0 Å². The number of halogens is 1. The second-order valence-corrected chi connectivity index (χ2v) is 5.79. The zero-order chi connectivity index (χ0) is 15.6. The smallest absolute Gasteiger partial charge is 0.123 e. The molecule has 23 heavy (non-hydrogen) atoms.